The molecule has 2 rings (SSSR count). The first-order valence-corrected chi connectivity index (χ1v) is 5.92. The first-order valence-electron chi connectivity index (χ1n) is 5.92. The molecule has 1 atom stereocenters. The second-order valence-electron chi connectivity index (χ2n) is 4.48. The van der Waals surface area contributed by atoms with Crippen molar-refractivity contribution in [1.82, 2.24) is 0 Å². The fourth-order valence-corrected chi connectivity index (χ4v) is 2.29. The molecule has 0 saturated carbocycles. The van der Waals surface area contributed by atoms with Crippen molar-refractivity contribution in [2.75, 3.05) is 11.5 Å². The Balaban J connectivity index is 2.49. The summed E-state index contributed by atoms with van der Waals surface area (Å²) in [4.78, 5) is 12.9. The van der Waals surface area contributed by atoms with Crippen molar-refractivity contribution in [3.63, 3.8) is 0 Å². The number of aliphatic hydroxyl groups is 1. The van der Waals surface area contributed by atoms with Gasteiger partial charge in [-0.1, -0.05) is 0 Å². The van der Waals surface area contributed by atoms with Crippen LogP contribution in [0.4, 0.5) is 18.9 Å². The number of halogens is 3. The second-order valence-corrected chi connectivity index (χ2v) is 4.48. The zero-order chi connectivity index (χ0) is 14.9. The predicted molar refractivity (Wildman–Crippen MR) is 63.8 cm³/mol. The van der Waals surface area contributed by atoms with Crippen LogP contribution in [-0.4, -0.2) is 23.7 Å². The van der Waals surface area contributed by atoms with Gasteiger partial charge in [-0.2, -0.15) is 18.4 Å². The van der Waals surface area contributed by atoms with E-state index < -0.39 is 23.3 Å². The van der Waals surface area contributed by atoms with Crippen LogP contribution in [0.2, 0.25) is 0 Å². The average molecular weight is 284 g/mol. The van der Waals surface area contributed by atoms with Gasteiger partial charge < -0.3 is 10.0 Å². The number of nitrogens with zero attached hydrogens (tertiary/aromatic N) is 2. The van der Waals surface area contributed by atoms with Crippen LogP contribution in [0, 0.1) is 11.3 Å². The Labute approximate surface area is 113 Å². The smallest absolute Gasteiger partial charge is 0.394 e. The summed E-state index contributed by atoms with van der Waals surface area (Å²) in [5, 5.41) is 17.9. The van der Waals surface area contributed by atoms with Crippen molar-refractivity contribution < 1.29 is 23.1 Å². The number of rotatable bonds is 2. The molecule has 0 aromatic heterocycles. The lowest BCUT2D eigenvalue weighted by Crippen LogP contribution is -2.35. The normalized spacial score (nSPS) is 19.2. The molecule has 0 unspecified atom stereocenters. The highest BCUT2D eigenvalue weighted by atomic mass is 19.4. The maximum absolute atomic E-state index is 12.9. The molecule has 1 aromatic carbocycles. The molecule has 0 radical (unpaired) electrons. The van der Waals surface area contributed by atoms with Crippen LogP contribution >= 0.6 is 0 Å². The fourth-order valence-electron chi connectivity index (χ4n) is 2.29. The number of amides is 1. The number of alkyl halides is 3. The predicted octanol–water partition coefficient (Wildman–Crippen LogP) is 2.06. The molecule has 0 spiro atoms. The standard InChI is InChI=1S/C13H11F3N2O2/c14-13(15,16)11-5-9(2-1-8(11)6-17)18-10(7-19)3-4-12(18)20/h1-2,5,10,19H,3-4,7H2/t10-/m1/s1. The molecule has 1 amide bonds. The number of carbonyl (C=O) groups excluding carboxylic acids is 1. The summed E-state index contributed by atoms with van der Waals surface area (Å²) in [5.41, 5.74) is -1.51. The lowest BCUT2D eigenvalue weighted by Gasteiger charge is -2.24. The summed E-state index contributed by atoms with van der Waals surface area (Å²) in [6.07, 6.45) is -4.08. The second kappa shape index (κ2) is 5.13. The van der Waals surface area contributed by atoms with Crippen LogP contribution in [0.3, 0.4) is 0 Å². The van der Waals surface area contributed by atoms with Crippen molar-refractivity contribution in [2.45, 2.75) is 25.1 Å². The quantitative estimate of drug-likeness (QED) is 0.904. The number of benzene rings is 1. The van der Waals surface area contributed by atoms with E-state index in [1.54, 1.807) is 0 Å². The van der Waals surface area contributed by atoms with Crippen LogP contribution in [0.25, 0.3) is 0 Å². The molecule has 0 aliphatic carbocycles. The van der Waals surface area contributed by atoms with Crippen molar-refractivity contribution in [1.29, 1.82) is 5.26 Å². The van der Waals surface area contributed by atoms with Gasteiger partial charge in [0.2, 0.25) is 5.91 Å². The van der Waals surface area contributed by atoms with Crippen LogP contribution in [0.15, 0.2) is 18.2 Å². The summed E-state index contributed by atoms with van der Waals surface area (Å²) < 4.78 is 38.6. The van der Waals surface area contributed by atoms with E-state index in [1.807, 2.05) is 0 Å². The summed E-state index contributed by atoms with van der Waals surface area (Å²) in [5.74, 6) is -0.332. The lowest BCUT2D eigenvalue weighted by atomic mass is 10.1. The molecule has 20 heavy (non-hydrogen) atoms. The molecule has 1 aromatic rings. The van der Waals surface area contributed by atoms with Gasteiger partial charge in [0.1, 0.15) is 0 Å². The van der Waals surface area contributed by atoms with Gasteiger partial charge in [0.15, 0.2) is 0 Å². The van der Waals surface area contributed by atoms with Crippen molar-refractivity contribution >= 4 is 11.6 Å². The summed E-state index contributed by atoms with van der Waals surface area (Å²) >= 11 is 0. The third-order valence-corrected chi connectivity index (χ3v) is 3.24. The molecule has 1 heterocycles. The summed E-state index contributed by atoms with van der Waals surface area (Å²) in [7, 11) is 0. The minimum atomic E-state index is -4.67. The van der Waals surface area contributed by atoms with Crippen LogP contribution in [-0.2, 0) is 11.0 Å². The summed E-state index contributed by atoms with van der Waals surface area (Å²) in [6, 6.07) is 4.08. The third-order valence-electron chi connectivity index (χ3n) is 3.24. The monoisotopic (exact) mass is 284 g/mol. The topological polar surface area (TPSA) is 64.3 Å². The van der Waals surface area contributed by atoms with E-state index in [9.17, 15) is 23.1 Å². The molecule has 1 fully saturated rings. The minimum absolute atomic E-state index is 0.0536. The van der Waals surface area contributed by atoms with Gasteiger partial charge in [0.25, 0.3) is 0 Å². The first-order chi connectivity index (χ1) is 9.38. The fraction of sp³-hybridized carbons (Fsp3) is 0.385. The average Bonchev–Trinajstić information content (AvgIpc) is 2.78. The van der Waals surface area contributed by atoms with Crippen LogP contribution in [0.1, 0.15) is 24.0 Å². The number of aliphatic hydroxyl groups excluding tert-OH is 1. The molecular formula is C13H11F3N2O2. The number of hydrogen-bond donors (Lipinski definition) is 1. The molecule has 1 N–H and O–H groups in total. The lowest BCUT2D eigenvalue weighted by molar-refractivity contribution is -0.137. The molecule has 1 aliphatic heterocycles. The number of hydrogen-bond acceptors (Lipinski definition) is 3. The Morgan fingerprint density at radius 1 is 1.45 bits per heavy atom. The van der Waals surface area contributed by atoms with E-state index >= 15 is 0 Å². The zero-order valence-corrected chi connectivity index (χ0v) is 10.3. The Bertz CT molecular complexity index is 578. The van der Waals surface area contributed by atoms with Gasteiger partial charge in [0, 0.05) is 12.1 Å². The zero-order valence-electron chi connectivity index (χ0n) is 10.3. The molecular weight excluding hydrogens is 273 g/mol. The van der Waals surface area contributed by atoms with Gasteiger partial charge in [0.05, 0.1) is 29.8 Å². The number of anilines is 1. The Kier molecular flexibility index (Phi) is 3.68. The van der Waals surface area contributed by atoms with Gasteiger partial charge in [-0.3, -0.25) is 4.79 Å². The highest BCUT2D eigenvalue weighted by Gasteiger charge is 2.37. The third kappa shape index (κ3) is 2.47. The molecule has 106 valence electrons. The number of carbonyl (C=O) groups is 1. The van der Waals surface area contributed by atoms with Gasteiger partial charge in [-0.15, -0.1) is 0 Å². The van der Waals surface area contributed by atoms with Crippen LogP contribution in [0.5, 0.6) is 0 Å². The Morgan fingerprint density at radius 2 is 2.15 bits per heavy atom. The highest BCUT2D eigenvalue weighted by molar-refractivity contribution is 5.96. The maximum Gasteiger partial charge on any atom is 0.417 e. The van der Waals surface area contributed by atoms with E-state index in [2.05, 4.69) is 0 Å². The van der Waals surface area contributed by atoms with E-state index in [0.29, 0.717) is 6.42 Å². The SMILES string of the molecule is N#Cc1ccc(N2C(=O)CC[C@@H]2CO)cc1C(F)(F)F. The molecule has 7 heteroatoms. The van der Waals surface area contributed by atoms with Crippen molar-refractivity contribution in [2.24, 2.45) is 0 Å². The first kappa shape index (κ1) is 14.3. The highest BCUT2D eigenvalue weighted by Crippen LogP contribution is 2.36. The van der Waals surface area contributed by atoms with Crippen molar-refractivity contribution in [3.05, 3.63) is 29.3 Å². The van der Waals surface area contributed by atoms with E-state index in [4.69, 9.17) is 5.26 Å². The molecule has 0 bridgehead atoms. The summed E-state index contributed by atoms with van der Waals surface area (Å²) in [6.45, 7) is -0.312. The van der Waals surface area contributed by atoms with E-state index in [-0.39, 0.29) is 24.6 Å². The Morgan fingerprint density at radius 3 is 2.70 bits per heavy atom. The molecule has 4 nitrogen and oxygen atoms in total. The van der Waals surface area contributed by atoms with E-state index in [1.165, 1.54) is 12.1 Å². The van der Waals surface area contributed by atoms with E-state index in [0.717, 1.165) is 17.0 Å². The number of nitriles is 1. The molecule has 1 aliphatic rings. The maximum atomic E-state index is 12.9. The van der Waals surface area contributed by atoms with Crippen LogP contribution < -0.4 is 4.90 Å². The molecule has 1 saturated heterocycles. The van der Waals surface area contributed by atoms with Gasteiger partial charge in [-0.25, -0.2) is 0 Å². The largest absolute Gasteiger partial charge is 0.417 e. The van der Waals surface area contributed by atoms with Crippen molar-refractivity contribution in [3.8, 4) is 6.07 Å². The van der Waals surface area contributed by atoms with Gasteiger partial charge in [-0.05, 0) is 24.6 Å². The minimum Gasteiger partial charge on any atom is -0.394 e. The van der Waals surface area contributed by atoms with Gasteiger partial charge >= 0.3 is 6.18 Å². The Hall–Kier alpha value is -2.07.